The zero-order chi connectivity index (χ0) is 19.6. The Balaban J connectivity index is 0.00000218. The standard InChI is InChI=1S/C21H22N6O2.ClH/c28-21(26-17-5-3-15(4-6-17)19-11-22-7-8-29-19)16-10-25-27(12-16)20-9-18(14-1-2-14)23-13-24-20;/h3-6,9-10,12-14,19,22H,1-2,7-8,11H2,(H,26,28);1H. The van der Waals surface area contributed by atoms with Crippen LogP contribution in [-0.2, 0) is 4.74 Å². The van der Waals surface area contributed by atoms with E-state index in [1.807, 2.05) is 30.3 Å². The topological polar surface area (TPSA) is 94.0 Å². The Morgan fingerprint density at radius 3 is 2.77 bits per heavy atom. The van der Waals surface area contributed by atoms with Crippen molar-refractivity contribution in [2.45, 2.75) is 24.9 Å². The highest BCUT2D eigenvalue weighted by molar-refractivity contribution is 6.03. The number of halogens is 1. The van der Waals surface area contributed by atoms with E-state index in [9.17, 15) is 4.79 Å². The number of aromatic nitrogens is 4. The highest BCUT2D eigenvalue weighted by Crippen LogP contribution is 2.39. The Labute approximate surface area is 180 Å². The number of hydrogen-bond acceptors (Lipinski definition) is 6. The van der Waals surface area contributed by atoms with E-state index in [0.717, 1.165) is 30.0 Å². The average molecular weight is 427 g/mol. The summed E-state index contributed by atoms with van der Waals surface area (Å²) in [5, 5.41) is 10.5. The number of amides is 1. The van der Waals surface area contributed by atoms with E-state index >= 15 is 0 Å². The number of carbonyl (C=O) groups excluding carboxylic acids is 1. The van der Waals surface area contributed by atoms with Gasteiger partial charge in [0.15, 0.2) is 5.82 Å². The van der Waals surface area contributed by atoms with Gasteiger partial charge < -0.3 is 15.4 Å². The van der Waals surface area contributed by atoms with Crippen LogP contribution >= 0.6 is 12.4 Å². The highest BCUT2D eigenvalue weighted by atomic mass is 35.5. The number of benzene rings is 1. The fraction of sp³-hybridized carbons (Fsp3) is 0.333. The van der Waals surface area contributed by atoms with Crippen LogP contribution in [0, 0.1) is 0 Å². The molecule has 1 atom stereocenters. The second-order valence-electron chi connectivity index (χ2n) is 7.39. The molecular weight excluding hydrogens is 404 g/mol. The van der Waals surface area contributed by atoms with Crippen molar-refractivity contribution in [2.75, 3.05) is 25.0 Å². The SMILES string of the molecule is Cl.O=C(Nc1ccc(C2CNCCO2)cc1)c1cnn(-c2cc(C3CC3)ncn2)c1. The smallest absolute Gasteiger partial charge is 0.258 e. The van der Waals surface area contributed by atoms with Crippen LogP contribution in [0.25, 0.3) is 5.82 Å². The van der Waals surface area contributed by atoms with Crippen molar-refractivity contribution >= 4 is 24.0 Å². The summed E-state index contributed by atoms with van der Waals surface area (Å²) in [6, 6.07) is 9.69. The van der Waals surface area contributed by atoms with Crippen LogP contribution in [0.5, 0.6) is 0 Å². The van der Waals surface area contributed by atoms with E-state index in [1.165, 1.54) is 12.8 Å². The van der Waals surface area contributed by atoms with Gasteiger partial charge in [0.25, 0.3) is 5.91 Å². The van der Waals surface area contributed by atoms with Crippen molar-refractivity contribution in [3.05, 3.63) is 65.9 Å². The molecular formula is C21H23ClN6O2. The molecule has 1 amide bonds. The lowest BCUT2D eigenvalue weighted by Gasteiger charge is -2.24. The first-order valence-corrected chi connectivity index (χ1v) is 9.87. The molecule has 2 aromatic heterocycles. The van der Waals surface area contributed by atoms with Gasteiger partial charge in [0.2, 0.25) is 0 Å². The molecule has 2 fully saturated rings. The van der Waals surface area contributed by atoms with Gasteiger partial charge in [-0.1, -0.05) is 12.1 Å². The summed E-state index contributed by atoms with van der Waals surface area (Å²) in [7, 11) is 0. The third-order valence-corrected chi connectivity index (χ3v) is 5.22. The van der Waals surface area contributed by atoms with Crippen LogP contribution in [0.15, 0.2) is 49.1 Å². The summed E-state index contributed by atoms with van der Waals surface area (Å²) in [6.07, 6.45) is 7.18. The van der Waals surface area contributed by atoms with E-state index in [4.69, 9.17) is 4.74 Å². The Hall–Kier alpha value is -2.81. The molecule has 1 saturated carbocycles. The minimum absolute atomic E-state index is 0. The molecule has 3 aromatic rings. The lowest BCUT2D eigenvalue weighted by molar-refractivity contribution is 0.0277. The molecule has 1 saturated heterocycles. The van der Waals surface area contributed by atoms with E-state index in [2.05, 4.69) is 25.7 Å². The van der Waals surface area contributed by atoms with Gasteiger partial charge in [-0.15, -0.1) is 12.4 Å². The first-order chi connectivity index (χ1) is 14.3. The van der Waals surface area contributed by atoms with Crippen LogP contribution in [0.4, 0.5) is 5.69 Å². The van der Waals surface area contributed by atoms with Crippen molar-refractivity contribution in [3.8, 4) is 5.82 Å². The number of anilines is 1. The number of carbonyl (C=O) groups is 1. The summed E-state index contributed by atoms with van der Waals surface area (Å²) < 4.78 is 7.36. The largest absolute Gasteiger partial charge is 0.371 e. The molecule has 9 heteroatoms. The fourth-order valence-electron chi connectivity index (χ4n) is 3.42. The van der Waals surface area contributed by atoms with E-state index in [-0.39, 0.29) is 24.4 Å². The molecule has 0 spiro atoms. The zero-order valence-electron chi connectivity index (χ0n) is 16.3. The molecule has 1 unspecified atom stereocenters. The Bertz CT molecular complexity index is 1010. The predicted octanol–water partition coefficient (Wildman–Crippen LogP) is 2.87. The van der Waals surface area contributed by atoms with Crippen molar-refractivity contribution in [3.63, 3.8) is 0 Å². The van der Waals surface area contributed by atoms with Gasteiger partial charge in [-0.3, -0.25) is 4.79 Å². The zero-order valence-corrected chi connectivity index (χ0v) is 17.1. The Morgan fingerprint density at radius 1 is 1.20 bits per heavy atom. The lowest BCUT2D eigenvalue weighted by atomic mass is 10.1. The summed E-state index contributed by atoms with van der Waals surface area (Å²) in [6.45, 7) is 2.40. The van der Waals surface area contributed by atoms with E-state index < -0.39 is 0 Å². The molecule has 8 nitrogen and oxygen atoms in total. The number of hydrogen-bond donors (Lipinski definition) is 2. The molecule has 30 heavy (non-hydrogen) atoms. The van der Waals surface area contributed by atoms with Crippen LogP contribution in [0.3, 0.4) is 0 Å². The molecule has 2 aliphatic rings. The van der Waals surface area contributed by atoms with Crippen LogP contribution in [0.1, 0.15) is 46.5 Å². The minimum Gasteiger partial charge on any atom is -0.371 e. The fourth-order valence-corrected chi connectivity index (χ4v) is 3.42. The van der Waals surface area contributed by atoms with Crippen LogP contribution < -0.4 is 10.6 Å². The van der Waals surface area contributed by atoms with E-state index in [1.54, 1.807) is 23.4 Å². The van der Waals surface area contributed by atoms with Gasteiger partial charge >= 0.3 is 0 Å². The van der Waals surface area contributed by atoms with Crippen molar-refractivity contribution in [2.24, 2.45) is 0 Å². The van der Waals surface area contributed by atoms with Crippen LogP contribution in [0.2, 0.25) is 0 Å². The maximum Gasteiger partial charge on any atom is 0.258 e. The highest BCUT2D eigenvalue weighted by Gasteiger charge is 2.25. The molecule has 1 aliphatic carbocycles. The van der Waals surface area contributed by atoms with Gasteiger partial charge in [-0.2, -0.15) is 5.10 Å². The van der Waals surface area contributed by atoms with Crippen molar-refractivity contribution in [1.82, 2.24) is 25.1 Å². The number of morpholine rings is 1. The molecule has 3 heterocycles. The number of ether oxygens (including phenoxy) is 1. The number of rotatable bonds is 5. The lowest BCUT2D eigenvalue weighted by Crippen LogP contribution is -2.33. The molecule has 5 rings (SSSR count). The predicted molar refractivity (Wildman–Crippen MR) is 114 cm³/mol. The molecule has 2 N–H and O–H groups in total. The third-order valence-electron chi connectivity index (χ3n) is 5.22. The first-order valence-electron chi connectivity index (χ1n) is 9.87. The van der Waals surface area contributed by atoms with Gasteiger partial charge in [0.1, 0.15) is 6.33 Å². The van der Waals surface area contributed by atoms with Crippen molar-refractivity contribution < 1.29 is 9.53 Å². The second kappa shape index (κ2) is 8.91. The monoisotopic (exact) mass is 426 g/mol. The van der Waals surface area contributed by atoms with Gasteiger partial charge in [0.05, 0.1) is 24.5 Å². The maximum absolute atomic E-state index is 12.6. The third kappa shape index (κ3) is 4.51. The Kier molecular flexibility index (Phi) is 6.08. The number of nitrogens with one attached hydrogen (secondary N) is 2. The molecule has 1 aromatic carbocycles. The normalized spacial score (nSPS) is 18.5. The average Bonchev–Trinajstić information content (AvgIpc) is 3.51. The summed E-state index contributed by atoms with van der Waals surface area (Å²) >= 11 is 0. The van der Waals surface area contributed by atoms with E-state index in [0.29, 0.717) is 23.9 Å². The minimum atomic E-state index is -0.212. The summed E-state index contributed by atoms with van der Waals surface area (Å²) in [5.41, 5.74) is 3.33. The number of nitrogens with zero attached hydrogens (tertiary/aromatic N) is 4. The van der Waals surface area contributed by atoms with Crippen molar-refractivity contribution in [1.29, 1.82) is 0 Å². The van der Waals surface area contributed by atoms with Gasteiger partial charge in [-0.25, -0.2) is 14.6 Å². The van der Waals surface area contributed by atoms with Gasteiger partial charge in [-0.05, 0) is 30.5 Å². The second-order valence-corrected chi connectivity index (χ2v) is 7.39. The molecule has 0 radical (unpaired) electrons. The van der Waals surface area contributed by atoms with Gasteiger partial charge in [0, 0.05) is 42.7 Å². The molecule has 0 bridgehead atoms. The van der Waals surface area contributed by atoms with Crippen LogP contribution in [-0.4, -0.2) is 45.4 Å². The molecule has 1 aliphatic heterocycles. The molecule has 156 valence electrons. The summed E-state index contributed by atoms with van der Waals surface area (Å²) in [5.74, 6) is 0.996. The Morgan fingerprint density at radius 2 is 2.03 bits per heavy atom. The first kappa shape index (κ1) is 20.5. The maximum atomic E-state index is 12.6. The quantitative estimate of drug-likeness (QED) is 0.651. The summed E-state index contributed by atoms with van der Waals surface area (Å²) in [4.78, 5) is 21.2.